The third-order valence-corrected chi connectivity index (χ3v) is 4.57. The van der Waals surface area contributed by atoms with Gasteiger partial charge in [0.05, 0.1) is 17.2 Å². The molecule has 0 bridgehead atoms. The average molecular weight is 331 g/mol. The second-order valence-electron chi connectivity index (χ2n) is 6.10. The molecule has 7 nitrogen and oxygen atoms in total. The van der Waals surface area contributed by atoms with Crippen LogP contribution in [0.5, 0.6) is 0 Å². The van der Waals surface area contributed by atoms with E-state index in [0.717, 1.165) is 42.8 Å². The van der Waals surface area contributed by atoms with E-state index in [1.165, 1.54) is 5.57 Å². The summed E-state index contributed by atoms with van der Waals surface area (Å²) in [5.41, 5.74) is 3.17. The van der Waals surface area contributed by atoms with Crippen LogP contribution in [0.15, 0.2) is 29.6 Å². The molecule has 0 saturated heterocycles. The first kappa shape index (κ1) is 16.3. The molecular formula is C17H21N3O4. The number of nitro benzene ring substituents is 1. The van der Waals surface area contributed by atoms with Crippen LogP contribution in [0.4, 0.5) is 11.4 Å². The normalized spacial score (nSPS) is 19.8. The number of carbonyl (C=O) groups is 1. The zero-order valence-corrected chi connectivity index (χ0v) is 13.9. The van der Waals surface area contributed by atoms with Crippen molar-refractivity contribution in [1.82, 2.24) is 5.32 Å². The number of non-ortho nitro benzene ring substituents is 1. The number of carbonyl (C=O) groups excluding carboxylic acids is 1. The molecular weight excluding hydrogens is 310 g/mol. The van der Waals surface area contributed by atoms with Crippen molar-refractivity contribution in [1.29, 1.82) is 0 Å². The Balaban J connectivity index is 1.91. The highest BCUT2D eigenvalue weighted by Crippen LogP contribution is 2.37. The maximum absolute atomic E-state index is 12.1. The lowest BCUT2D eigenvalue weighted by atomic mass is 9.95. The molecule has 7 heteroatoms. The fraction of sp³-hybridized carbons (Fsp3) is 0.471. The molecule has 1 atom stereocenters. The van der Waals surface area contributed by atoms with Crippen molar-refractivity contribution >= 4 is 17.3 Å². The third kappa shape index (κ3) is 2.93. The van der Waals surface area contributed by atoms with Crippen LogP contribution < -0.4 is 10.2 Å². The lowest BCUT2D eigenvalue weighted by Gasteiger charge is -2.33. The molecule has 2 aliphatic heterocycles. The summed E-state index contributed by atoms with van der Waals surface area (Å²) in [4.78, 5) is 24.7. The van der Waals surface area contributed by atoms with Crippen LogP contribution >= 0.6 is 0 Å². The van der Waals surface area contributed by atoms with E-state index in [9.17, 15) is 14.9 Å². The van der Waals surface area contributed by atoms with Crippen LogP contribution in [0.3, 0.4) is 0 Å². The lowest BCUT2D eigenvalue weighted by Crippen LogP contribution is -2.42. The molecule has 1 N–H and O–H groups in total. The molecule has 0 fully saturated rings. The Kier molecular flexibility index (Phi) is 4.42. The predicted molar refractivity (Wildman–Crippen MR) is 89.6 cm³/mol. The van der Waals surface area contributed by atoms with Gasteiger partial charge in [0, 0.05) is 19.2 Å². The van der Waals surface area contributed by atoms with E-state index in [-0.39, 0.29) is 22.6 Å². The lowest BCUT2D eigenvalue weighted by molar-refractivity contribution is -0.384. The van der Waals surface area contributed by atoms with Gasteiger partial charge in [-0.2, -0.15) is 0 Å². The van der Waals surface area contributed by atoms with Gasteiger partial charge in [0.25, 0.3) is 5.69 Å². The number of ether oxygens (including phenoxy) is 1. The number of hydrogen-bond donors (Lipinski definition) is 1. The minimum absolute atomic E-state index is 0.0696. The van der Waals surface area contributed by atoms with Crippen molar-refractivity contribution in [2.75, 3.05) is 18.6 Å². The topological polar surface area (TPSA) is 84.7 Å². The summed E-state index contributed by atoms with van der Waals surface area (Å²) in [6.07, 6.45) is 3.27. The van der Waals surface area contributed by atoms with E-state index in [4.69, 9.17) is 4.74 Å². The molecule has 2 aliphatic rings. The molecule has 3 rings (SSSR count). The maximum Gasteiger partial charge on any atom is 0.328 e. The zero-order chi connectivity index (χ0) is 17.3. The molecule has 0 aliphatic carbocycles. The number of nitro groups is 1. The van der Waals surface area contributed by atoms with Crippen molar-refractivity contribution < 1.29 is 14.5 Å². The van der Waals surface area contributed by atoms with Crippen LogP contribution in [-0.2, 0) is 16.0 Å². The van der Waals surface area contributed by atoms with E-state index in [0.29, 0.717) is 6.61 Å². The van der Waals surface area contributed by atoms with E-state index in [2.05, 4.69) is 5.32 Å². The predicted octanol–water partition coefficient (Wildman–Crippen LogP) is 2.50. The molecule has 2 heterocycles. The molecule has 0 radical (unpaired) electrons. The van der Waals surface area contributed by atoms with Gasteiger partial charge >= 0.3 is 5.97 Å². The zero-order valence-electron chi connectivity index (χ0n) is 13.9. The van der Waals surface area contributed by atoms with Gasteiger partial charge in [-0.05, 0) is 49.8 Å². The summed E-state index contributed by atoms with van der Waals surface area (Å²) < 4.78 is 5.14. The van der Waals surface area contributed by atoms with Gasteiger partial charge in [0.2, 0.25) is 0 Å². The smallest absolute Gasteiger partial charge is 0.328 e. The van der Waals surface area contributed by atoms with Gasteiger partial charge in [-0.15, -0.1) is 0 Å². The molecule has 1 unspecified atom stereocenters. The maximum atomic E-state index is 12.1. The number of allylic oxidation sites excluding steroid dienone is 1. The van der Waals surface area contributed by atoms with Crippen LogP contribution in [0.2, 0.25) is 0 Å². The molecule has 0 amide bonds. The number of nitrogens with one attached hydrogen (secondary N) is 1. The highest BCUT2D eigenvalue weighted by atomic mass is 16.6. The summed E-state index contributed by atoms with van der Waals surface area (Å²) in [7, 11) is 1.87. The van der Waals surface area contributed by atoms with E-state index in [1.54, 1.807) is 19.1 Å². The van der Waals surface area contributed by atoms with Crippen molar-refractivity contribution in [3.63, 3.8) is 0 Å². The minimum Gasteiger partial charge on any atom is -0.464 e. The highest BCUT2D eigenvalue weighted by Gasteiger charge is 2.31. The summed E-state index contributed by atoms with van der Waals surface area (Å²) in [6, 6.07) is 4.58. The standard InChI is InChI=1S/C17H21N3O4/c1-3-24-17(21)14-6-4-5-12-9-11-7-8-13(20(22)23)10-15(11)19(2)16(12)18-14/h7-8,10,14,18H,3-6,9H2,1-2H3. The summed E-state index contributed by atoms with van der Waals surface area (Å²) >= 11 is 0. The fourth-order valence-corrected chi connectivity index (χ4v) is 3.38. The van der Waals surface area contributed by atoms with Crippen LogP contribution in [0, 0.1) is 10.1 Å². The first-order chi connectivity index (χ1) is 11.5. The van der Waals surface area contributed by atoms with Crippen LogP contribution in [0.25, 0.3) is 0 Å². The average Bonchev–Trinajstić information content (AvgIpc) is 2.77. The van der Waals surface area contributed by atoms with Crippen molar-refractivity contribution in [3.8, 4) is 0 Å². The summed E-state index contributed by atoms with van der Waals surface area (Å²) in [5, 5.41) is 14.3. The second-order valence-corrected chi connectivity index (χ2v) is 6.10. The number of benzene rings is 1. The minimum atomic E-state index is -0.389. The van der Waals surface area contributed by atoms with Crippen molar-refractivity contribution in [2.24, 2.45) is 0 Å². The Morgan fingerprint density at radius 2 is 2.29 bits per heavy atom. The largest absolute Gasteiger partial charge is 0.464 e. The van der Waals surface area contributed by atoms with Gasteiger partial charge in [0.15, 0.2) is 0 Å². The van der Waals surface area contributed by atoms with Gasteiger partial charge in [-0.25, -0.2) is 4.79 Å². The Morgan fingerprint density at radius 1 is 1.50 bits per heavy atom. The number of anilines is 1. The molecule has 24 heavy (non-hydrogen) atoms. The molecule has 1 aromatic rings. The van der Waals surface area contributed by atoms with E-state index in [1.807, 2.05) is 18.0 Å². The number of rotatable bonds is 3. The first-order valence-corrected chi connectivity index (χ1v) is 8.17. The summed E-state index contributed by atoms with van der Waals surface area (Å²) in [6.45, 7) is 2.15. The van der Waals surface area contributed by atoms with Gasteiger partial charge in [-0.1, -0.05) is 0 Å². The molecule has 0 saturated carbocycles. The Morgan fingerprint density at radius 3 is 3.00 bits per heavy atom. The van der Waals surface area contributed by atoms with Crippen LogP contribution in [-0.4, -0.2) is 30.6 Å². The van der Waals surface area contributed by atoms with Crippen LogP contribution in [0.1, 0.15) is 31.7 Å². The molecule has 0 aromatic heterocycles. The molecule has 1 aromatic carbocycles. The molecule has 128 valence electrons. The monoisotopic (exact) mass is 331 g/mol. The third-order valence-electron chi connectivity index (χ3n) is 4.57. The Hall–Kier alpha value is -2.57. The Bertz CT molecular complexity index is 714. The fourth-order valence-electron chi connectivity index (χ4n) is 3.38. The van der Waals surface area contributed by atoms with E-state index < -0.39 is 0 Å². The SMILES string of the molecule is CCOC(=O)C1CCCC2=C(N1)N(C)c1cc([N+](=O)[O-])ccc1C2. The van der Waals surface area contributed by atoms with E-state index >= 15 is 0 Å². The Labute approximate surface area is 140 Å². The number of esters is 1. The van der Waals surface area contributed by atoms with Crippen molar-refractivity contribution in [3.05, 3.63) is 45.3 Å². The van der Waals surface area contributed by atoms with Gasteiger partial charge in [0.1, 0.15) is 11.9 Å². The second kappa shape index (κ2) is 6.51. The first-order valence-electron chi connectivity index (χ1n) is 8.17. The number of fused-ring (bicyclic) bond motifs is 1. The summed E-state index contributed by atoms with van der Waals surface area (Å²) in [5.74, 6) is 0.628. The number of hydrogen-bond acceptors (Lipinski definition) is 6. The van der Waals surface area contributed by atoms with Crippen molar-refractivity contribution in [2.45, 2.75) is 38.6 Å². The van der Waals surface area contributed by atoms with Gasteiger partial charge < -0.3 is 15.0 Å². The molecule has 0 spiro atoms. The van der Waals surface area contributed by atoms with Gasteiger partial charge in [-0.3, -0.25) is 10.1 Å². The highest BCUT2D eigenvalue weighted by molar-refractivity contribution is 5.77. The number of nitrogens with zero attached hydrogens (tertiary/aromatic N) is 2. The quantitative estimate of drug-likeness (QED) is 0.520.